The minimum atomic E-state index is -3.43. The molecule has 0 bridgehead atoms. The fourth-order valence-corrected chi connectivity index (χ4v) is 4.02. The molecule has 1 aliphatic carbocycles. The number of halogens is 2. The molecule has 148 valence electrons. The maximum Gasteiger partial charge on any atom is 0.282 e. The topological polar surface area (TPSA) is 76.9 Å². The number of nitrogens with one attached hydrogen (secondary N) is 1. The molecule has 0 unspecified atom stereocenters. The molecule has 9 heteroatoms. The lowest BCUT2D eigenvalue weighted by Crippen LogP contribution is -2.19. The Bertz CT molecular complexity index is 889. The number of anilines is 1. The minimum absolute atomic E-state index is 0.0686. The van der Waals surface area contributed by atoms with E-state index in [4.69, 9.17) is 0 Å². The second-order valence-corrected chi connectivity index (χ2v) is 9.05. The summed E-state index contributed by atoms with van der Waals surface area (Å²) in [6.07, 6.45) is 5.63. The predicted molar refractivity (Wildman–Crippen MR) is 99.2 cm³/mol. The van der Waals surface area contributed by atoms with Crippen LogP contribution >= 0.6 is 0 Å². The van der Waals surface area contributed by atoms with E-state index in [9.17, 15) is 17.2 Å². The van der Waals surface area contributed by atoms with Crippen LogP contribution in [-0.2, 0) is 9.84 Å². The third-order valence-electron chi connectivity index (χ3n) is 4.99. The van der Waals surface area contributed by atoms with Crippen LogP contribution in [0.3, 0.4) is 0 Å². The lowest BCUT2D eigenvalue weighted by atomic mass is 9.89. The molecule has 0 aliphatic heterocycles. The first kappa shape index (κ1) is 19.7. The molecule has 0 amide bonds. The van der Waals surface area contributed by atoms with Gasteiger partial charge in [-0.15, -0.1) is 0 Å². The maximum atomic E-state index is 13.4. The zero-order chi connectivity index (χ0) is 19.6. The largest absolute Gasteiger partial charge is 0.369 e. The summed E-state index contributed by atoms with van der Waals surface area (Å²) in [6.45, 7) is 2.32. The molecule has 0 radical (unpaired) electrons. The van der Waals surface area contributed by atoms with Crippen LogP contribution in [0, 0.1) is 12.8 Å². The fraction of sp³-hybridized carbons (Fsp3) is 0.556. The van der Waals surface area contributed by atoms with Gasteiger partial charge in [-0.25, -0.2) is 26.9 Å². The normalized spacial score (nSPS) is 16.0. The summed E-state index contributed by atoms with van der Waals surface area (Å²) in [6, 6.07) is 2.88. The number of aromatic nitrogens is 3. The van der Waals surface area contributed by atoms with Crippen LogP contribution < -0.4 is 5.32 Å². The van der Waals surface area contributed by atoms with E-state index < -0.39 is 16.3 Å². The van der Waals surface area contributed by atoms with Crippen molar-refractivity contribution >= 4 is 15.7 Å². The Morgan fingerprint density at radius 2 is 1.96 bits per heavy atom. The second kappa shape index (κ2) is 7.92. The molecule has 2 aromatic heterocycles. The molecular formula is C18H24F2N4O2S. The van der Waals surface area contributed by atoms with Crippen molar-refractivity contribution in [2.45, 2.75) is 50.5 Å². The van der Waals surface area contributed by atoms with E-state index in [1.54, 1.807) is 6.92 Å². The van der Waals surface area contributed by atoms with Gasteiger partial charge in [0.15, 0.2) is 14.9 Å². The third-order valence-corrected chi connectivity index (χ3v) is 6.00. The molecule has 3 rings (SSSR count). The lowest BCUT2D eigenvalue weighted by Gasteiger charge is -2.22. The third kappa shape index (κ3) is 4.45. The van der Waals surface area contributed by atoms with Gasteiger partial charge in [-0.3, -0.25) is 0 Å². The van der Waals surface area contributed by atoms with Crippen LogP contribution in [0.25, 0.3) is 5.69 Å². The summed E-state index contributed by atoms with van der Waals surface area (Å²) in [5.41, 5.74) is 0.546. The first-order chi connectivity index (χ1) is 12.8. The maximum absolute atomic E-state index is 13.4. The Balaban J connectivity index is 1.92. The number of alkyl halides is 2. The van der Waals surface area contributed by atoms with Gasteiger partial charge in [0.25, 0.3) is 6.43 Å². The first-order valence-electron chi connectivity index (χ1n) is 9.05. The molecular weight excluding hydrogens is 374 g/mol. The quantitative estimate of drug-likeness (QED) is 0.798. The SMILES string of the molecule is Cc1c(C(F)F)nn(-c2ccc(S(C)(=O)=O)nc2)c1NCC1CCCCC1. The molecule has 0 spiro atoms. The van der Waals surface area contributed by atoms with Gasteiger partial charge in [-0.1, -0.05) is 19.3 Å². The molecule has 2 aromatic rings. The molecule has 0 atom stereocenters. The number of nitrogens with zero attached hydrogens (tertiary/aromatic N) is 3. The zero-order valence-corrected chi connectivity index (χ0v) is 16.3. The Morgan fingerprint density at radius 1 is 1.26 bits per heavy atom. The van der Waals surface area contributed by atoms with Crippen LogP contribution in [0.15, 0.2) is 23.4 Å². The number of rotatable bonds is 6. The van der Waals surface area contributed by atoms with E-state index in [2.05, 4.69) is 15.4 Å². The van der Waals surface area contributed by atoms with Crippen LogP contribution in [0.1, 0.15) is 49.8 Å². The van der Waals surface area contributed by atoms with Crippen molar-refractivity contribution in [3.63, 3.8) is 0 Å². The fourth-order valence-electron chi connectivity index (χ4n) is 3.46. The summed E-state index contributed by atoms with van der Waals surface area (Å²) in [7, 11) is -3.43. The van der Waals surface area contributed by atoms with Gasteiger partial charge in [-0.2, -0.15) is 5.10 Å². The molecule has 1 aliphatic rings. The van der Waals surface area contributed by atoms with Gasteiger partial charge in [0, 0.05) is 18.4 Å². The summed E-state index contributed by atoms with van der Waals surface area (Å²) >= 11 is 0. The summed E-state index contributed by atoms with van der Waals surface area (Å²) in [4.78, 5) is 3.94. The number of pyridine rings is 1. The Morgan fingerprint density at radius 3 is 2.52 bits per heavy atom. The average molecular weight is 398 g/mol. The molecule has 6 nitrogen and oxygen atoms in total. The van der Waals surface area contributed by atoms with Crippen molar-refractivity contribution in [2.75, 3.05) is 18.1 Å². The highest BCUT2D eigenvalue weighted by atomic mass is 32.2. The van der Waals surface area contributed by atoms with Gasteiger partial charge in [-0.05, 0) is 37.8 Å². The van der Waals surface area contributed by atoms with Gasteiger partial charge in [0.1, 0.15) is 11.5 Å². The van der Waals surface area contributed by atoms with E-state index in [0.29, 0.717) is 29.5 Å². The number of sulfone groups is 1. The second-order valence-electron chi connectivity index (χ2n) is 7.08. The lowest BCUT2D eigenvalue weighted by molar-refractivity contribution is 0.145. The average Bonchev–Trinajstić information content (AvgIpc) is 2.97. The molecule has 1 fully saturated rings. The monoisotopic (exact) mass is 398 g/mol. The smallest absolute Gasteiger partial charge is 0.282 e. The van der Waals surface area contributed by atoms with Gasteiger partial charge in [0.2, 0.25) is 0 Å². The Kier molecular flexibility index (Phi) is 5.78. The zero-order valence-electron chi connectivity index (χ0n) is 15.5. The van der Waals surface area contributed by atoms with E-state index in [0.717, 1.165) is 19.1 Å². The van der Waals surface area contributed by atoms with Crippen LogP contribution in [0.2, 0.25) is 0 Å². The van der Waals surface area contributed by atoms with Crippen molar-refractivity contribution in [3.8, 4) is 5.69 Å². The summed E-state index contributed by atoms with van der Waals surface area (Å²) in [5.74, 6) is 1.02. The Labute approximate surface area is 157 Å². The van der Waals surface area contributed by atoms with Gasteiger partial charge < -0.3 is 5.32 Å². The Hall–Kier alpha value is -2.03. The number of hydrogen-bond donors (Lipinski definition) is 1. The molecule has 0 saturated heterocycles. The molecule has 0 aromatic carbocycles. The van der Waals surface area contributed by atoms with Crippen molar-refractivity contribution in [1.29, 1.82) is 0 Å². The van der Waals surface area contributed by atoms with Gasteiger partial charge in [0.05, 0.1) is 11.9 Å². The highest BCUT2D eigenvalue weighted by Crippen LogP contribution is 2.31. The predicted octanol–water partition coefficient (Wildman–Crippen LogP) is 3.91. The van der Waals surface area contributed by atoms with Crippen LogP contribution in [-0.4, -0.2) is 36.0 Å². The van der Waals surface area contributed by atoms with Gasteiger partial charge >= 0.3 is 0 Å². The first-order valence-corrected chi connectivity index (χ1v) is 10.9. The summed E-state index contributed by atoms with van der Waals surface area (Å²) in [5, 5.41) is 7.27. The molecule has 27 heavy (non-hydrogen) atoms. The highest BCUT2D eigenvalue weighted by molar-refractivity contribution is 7.90. The molecule has 1 saturated carbocycles. The van der Waals surface area contributed by atoms with Crippen molar-refractivity contribution < 1.29 is 17.2 Å². The molecule has 2 heterocycles. The van der Waals surface area contributed by atoms with E-state index in [1.807, 2.05) is 0 Å². The minimum Gasteiger partial charge on any atom is -0.369 e. The van der Waals surface area contributed by atoms with Crippen molar-refractivity contribution in [1.82, 2.24) is 14.8 Å². The molecule has 1 N–H and O–H groups in total. The van der Waals surface area contributed by atoms with E-state index in [-0.39, 0.29) is 10.7 Å². The number of hydrogen-bond acceptors (Lipinski definition) is 5. The summed E-state index contributed by atoms with van der Waals surface area (Å²) < 4.78 is 51.2. The van der Waals surface area contributed by atoms with Crippen molar-refractivity contribution in [2.24, 2.45) is 5.92 Å². The standard InChI is InChI=1S/C18H24F2N4O2S/c1-12-16(17(19)20)23-24(14-8-9-15(21-11-14)27(2,25)26)18(12)22-10-13-6-4-3-5-7-13/h8-9,11,13,17,22H,3-7,10H2,1-2H3. The van der Waals surface area contributed by atoms with Crippen molar-refractivity contribution in [3.05, 3.63) is 29.6 Å². The van der Waals surface area contributed by atoms with Crippen LogP contribution in [0.4, 0.5) is 14.6 Å². The van der Waals surface area contributed by atoms with E-state index in [1.165, 1.54) is 42.3 Å². The van der Waals surface area contributed by atoms with E-state index >= 15 is 0 Å². The van der Waals surface area contributed by atoms with Crippen LogP contribution in [0.5, 0.6) is 0 Å². The highest BCUT2D eigenvalue weighted by Gasteiger charge is 2.23.